The number of thiophene rings is 1. The van der Waals surface area contributed by atoms with Crippen molar-refractivity contribution < 1.29 is 13.5 Å². The minimum atomic E-state index is -3.54. The Morgan fingerprint density at radius 2 is 1.70 bits per heavy atom. The molecule has 0 bridgehead atoms. The Morgan fingerprint density at radius 3 is 2.22 bits per heavy atom. The van der Waals surface area contributed by atoms with E-state index < -0.39 is 16.1 Å². The summed E-state index contributed by atoms with van der Waals surface area (Å²) in [4.78, 5) is 2.42. The van der Waals surface area contributed by atoms with Gasteiger partial charge >= 0.3 is 0 Å². The predicted molar refractivity (Wildman–Crippen MR) is 111 cm³/mol. The maximum atomic E-state index is 12.8. The molecule has 1 saturated carbocycles. The van der Waals surface area contributed by atoms with Crippen LogP contribution in [0.2, 0.25) is 0 Å². The van der Waals surface area contributed by atoms with Gasteiger partial charge in [-0.05, 0) is 55.5 Å². The average Bonchev–Trinajstić information content (AvgIpc) is 3.30. The number of nitrogens with one attached hydrogen (secondary N) is 1. The second kappa shape index (κ2) is 8.03. The molecule has 1 aromatic heterocycles. The van der Waals surface area contributed by atoms with E-state index in [1.54, 1.807) is 30.4 Å². The van der Waals surface area contributed by atoms with Gasteiger partial charge in [0.15, 0.2) is 0 Å². The normalized spacial score (nSPS) is 18.1. The van der Waals surface area contributed by atoms with Crippen LogP contribution >= 0.6 is 11.3 Å². The lowest BCUT2D eigenvalue weighted by atomic mass is 9.85. The standard InChI is InChI=1S/C21H29NO3S2/c1-15(2)17-6-8-18(9-7-17)27(24,25)22-14-21(12-4-5-13-21)20-11-10-19(26-20)16(3)23/h6-11,15-16,22-23H,4-5,12-14H2,1-3H3. The molecule has 0 aliphatic heterocycles. The van der Waals surface area contributed by atoms with E-state index in [0.717, 1.165) is 36.1 Å². The van der Waals surface area contributed by atoms with E-state index in [-0.39, 0.29) is 5.41 Å². The van der Waals surface area contributed by atoms with Gasteiger partial charge in [-0.25, -0.2) is 13.1 Å². The molecule has 1 unspecified atom stereocenters. The van der Waals surface area contributed by atoms with E-state index in [9.17, 15) is 13.5 Å². The van der Waals surface area contributed by atoms with Crippen LogP contribution in [0.25, 0.3) is 0 Å². The highest BCUT2D eigenvalue weighted by Gasteiger charge is 2.38. The molecule has 2 N–H and O–H groups in total. The summed E-state index contributed by atoms with van der Waals surface area (Å²) < 4.78 is 28.5. The van der Waals surface area contributed by atoms with Crippen LogP contribution < -0.4 is 4.72 Å². The highest BCUT2D eigenvalue weighted by atomic mass is 32.2. The fourth-order valence-corrected chi connectivity index (χ4v) is 6.09. The van der Waals surface area contributed by atoms with Crippen molar-refractivity contribution in [2.24, 2.45) is 0 Å². The number of hydrogen-bond acceptors (Lipinski definition) is 4. The monoisotopic (exact) mass is 407 g/mol. The van der Waals surface area contributed by atoms with Crippen molar-refractivity contribution in [3.8, 4) is 0 Å². The van der Waals surface area contributed by atoms with Crippen molar-refractivity contribution in [3.05, 3.63) is 51.7 Å². The third-order valence-corrected chi connectivity index (χ3v) is 8.50. The highest BCUT2D eigenvalue weighted by molar-refractivity contribution is 7.89. The molecule has 4 nitrogen and oxygen atoms in total. The minimum absolute atomic E-state index is 0.164. The van der Waals surface area contributed by atoms with Crippen molar-refractivity contribution in [2.45, 2.75) is 68.8 Å². The molecule has 1 aliphatic carbocycles. The lowest BCUT2D eigenvalue weighted by Crippen LogP contribution is -2.38. The van der Waals surface area contributed by atoms with Crippen LogP contribution in [0, 0.1) is 0 Å². The van der Waals surface area contributed by atoms with Gasteiger partial charge < -0.3 is 5.11 Å². The third-order valence-electron chi connectivity index (χ3n) is 5.58. The fraction of sp³-hybridized carbons (Fsp3) is 0.524. The summed E-state index contributed by atoms with van der Waals surface area (Å²) in [5.41, 5.74) is 0.966. The van der Waals surface area contributed by atoms with Crippen LogP contribution in [-0.4, -0.2) is 20.1 Å². The number of benzene rings is 1. The maximum Gasteiger partial charge on any atom is 0.240 e. The Balaban J connectivity index is 1.79. The largest absolute Gasteiger partial charge is 0.388 e. The summed E-state index contributed by atoms with van der Waals surface area (Å²) >= 11 is 1.60. The highest BCUT2D eigenvalue weighted by Crippen LogP contribution is 2.44. The molecule has 1 atom stereocenters. The molecule has 6 heteroatoms. The lowest BCUT2D eigenvalue weighted by Gasteiger charge is -2.28. The zero-order chi connectivity index (χ0) is 19.7. The van der Waals surface area contributed by atoms with Gasteiger partial charge in [-0.3, -0.25) is 0 Å². The molecule has 0 saturated heterocycles. The minimum Gasteiger partial charge on any atom is -0.388 e. The second-order valence-corrected chi connectivity index (χ2v) is 10.8. The third kappa shape index (κ3) is 4.45. The molecule has 1 aliphatic rings. The Kier molecular flexibility index (Phi) is 6.11. The average molecular weight is 408 g/mol. The quantitative estimate of drug-likeness (QED) is 0.698. The van der Waals surface area contributed by atoms with Crippen molar-refractivity contribution in [3.63, 3.8) is 0 Å². The molecule has 3 rings (SSSR count). The predicted octanol–water partition coefficient (Wildman–Crippen LogP) is 4.72. The number of aliphatic hydroxyl groups is 1. The summed E-state index contributed by atoms with van der Waals surface area (Å²) in [6.07, 6.45) is 3.67. The molecule has 1 aromatic carbocycles. The smallest absolute Gasteiger partial charge is 0.240 e. The van der Waals surface area contributed by atoms with Gasteiger partial charge in [0.1, 0.15) is 0 Å². The molecule has 0 radical (unpaired) electrons. The zero-order valence-corrected chi connectivity index (χ0v) is 17.9. The summed E-state index contributed by atoms with van der Waals surface area (Å²) in [5.74, 6) is 0.374. The Labute approximate surface area is 166 Å². The van der Waals surface area contributed by atoms with E-state index in [0.29, 0.717) is 17.4 Å². The Hall–Kier alpha value is -1.21. The number of aliphatic hydroxyl groups excluding tert-OH is 1. The molecule has 1 heterocycles. The first kappa shape index (κ1) is 20.5. The topological polar surface area (TPSA) is 66.4 Å². The summed E-state index contributed by atoms with van der Waals surface area (Å²) in [6, 6.07) is 11.2. The van der Waals surface area contributed by atoms with Crippen molar-refractivity contribution in [1.29, 1.82) is 0 Å². The van der Waals surface area contributed by atoms with Gasteiger partial charge in [0.25, 0.3) is 0 Å². The van der Waals surface area contributed by atoms with E-state index >= 15 is 0 Å². The van der Waals surface area contributed by atoms with E-state index in [1.165, 1.54) is 4.88 Å². The van der Waals surface area contributed by atoms with Gasteiger partial charge in [0.2, 0.25) is 10.0 Å². The van der Waals surface area contributed by atoms with E-state index in [2.05, 4.69) is 24.6 Å². The summed E-state index contributed by atoms with van der Waals surface area (Å²) in [6.45, 7) is 6.35. The molecular formula is C21H29NO3S2. The Bertz CT molecular complexity index is 861. The van der Waals surface area contributed by atoms with Crippen LogP contribution in [0.5, 0.6) is 0 Å². The van der Waals surface area contributed by atoms with Crippen LogP contribution in [0.3, 0.4) is 0 Å². The lowest BCUT2D eigenvalue weighted by molar-refractivity contribution is 0.203. The van der Waals surface area contributed by atoms with Crippen LogP contribution in [0.15, 0.2) is 41.3 Å². The summed E-state index contributed by atoms with van der Waals surface area (Å²) in [7, 11) is -3.54. The first-order valence-corrected chi connectivity index (χ1v) is 11.9. The first-order valence-electron chi connectivity index (χ1n) is 9.61. The molecule has 2 aromatic rings. The molecule has 0 amide bonds. The molecule has 0 spiro atoms. The van der Waals surface area contributed by atoms with Crippen molar-refractivity contribution in [1.82, 2.24) is 4.72 Å². The van der Waals surface area contributed by atoms with Crippen LogP contribution in [-0.2, 0) is 15.4 Å². The maximum absolute atomic E-state index is 12.8. The van der Waals surface area contributed by atoms with Crippen molar-refractivity contribution >= 4 is 21.4 Å². The van der Waals surface area contributed by atoms with Crippen LogP contribution in [0.4, 0.5) is 0 Å². The first-order chi connectivity index (χ1) is 12.7. The number of sulfonamides is 1. The zero-order valence-electron chi connectivity index (χ0n) is 16.2. The van der Waals surface area contributed by atoms with Gasteiger partial charge in [-0.15, -0.1) is 11.3 Å². The Morgan fingerprint density at radius 1 is 1.07 bits per heavy atom. The number of hydrogen-bond donors (Lipinski definition) is 2. The van der Waals surface area contributed by atoms with Gasteiger partial charge in [-0.2, -0.15) is 0 Å². The summed E-state index contributed by atoms with van der Waals surface area (Å²) in [5, 5.41) is 9.83. The SMILES string of the molecule is CC(C)c1ccc(S(=O)(=O)NCC2(c3ccc(C(C)O)s3)CCCC2)cc1. The molecule has 27 heavy (non-hydrogen) atoms. The molecule has 1 fully saturated rings. The molecule has 148 valence electrons. The van der Waals surface area contributed by atoms with E-state index in [1.807, 2.05) is 18.2 Å². The van der Waals surface area contributed by atoms with Gasteiger partial charge in [-0.1, -0.05) is 38.8 Å². The van der Waals surface area contributed by atoms with Gasteiger partial charge in [0.05, 0.1) is 11.0 Å². The molecular weight excluding hydrogens is 378 g/mol. The van der Waals surface area contributed by atoms with E-state index in [4.69, 9.17) is 0 Å². The second-order valence-electron chi connectivity index (χ2n) is 7.91. The van der Waals surface area contributed by atoms with Crippen LogP contribution in [0.1, 0.15) is 73.8 Å². The van der Waals surface area contributed by atoms with Gasteiger partial charge in [0, 0.05) is 21.7 Å². The van der Waals surface area contributed by atoms with Crippen molar-refractivity contribution in [2.75, 3.05) is 6.54 Å². The fourth-order valence-electron chi connectivity index (χ4n) is 3.77. The number of rotatable bonds is 7.